The summed E-state index contributed by atoms with van der Waals surface area (Å²) in [6.07, 6.45) is 7.25. The third kappa shape index (κ3) is 2.37. The fraction of sp³-hybridized carbons (Fsp3) is 0.562. The van der Waals surface area contributed by atoms with Crippen molar-refractivity contribution in [2.24, 2.45) is 5.73 Å². The number of hydrogen-bond acceptors (Lipinski definition) is 5. The van der Waals surface area contributed by atoms with E-state index in [-0.39, 0.29) is 0 Å². The van der Waals surface area contributed by atoms with Crippen LogP contribution in [-0.2, 0) is 19.4 Å². The van der Waals surface area contributed by atoms with Crippen molar-refractivity contribution in [3.8, 4) is 0 Å². The average molecular weight is 298 g/mol. The topological polar surface area (TPSA) is 83.7 Å². The van der Waals surface area contributed by atoms with E-state index in [2.05, 4.69) is 38.2 Å². The van der Waals surface area contributed by atoms with E-state index in [0.29, 0.717) is 12.0 Å². The normalized spacial score (nSPS) is 23.2. The molecule has 0 bridgehead atoms. The van der Waals surface area contributed by atoms with Gasteiger partial charge in [0.05, 0.1) is 12.2 Å². The summed E-state index contributed by atoms with van der Waals surface area (Å²) < 4.78 is 0. The molecule has 4 rings (SSSR count). The summed E-state index contributed by atoms with van der Waals surface area (Å²) in [5, 5.41) is 7.64. The van der Waals surface area contributed by atoms with Crippen molar-refractivity contribution in [3.63, 3.8) is 0 Å². The number of aromatic amines is 1. The Hall–Kier alpha value is -1.95. The second kappa shape index (κ2) is 5.35. The molecule has 0 spiro atoms. The largest absolute Gasteiger partial charge is 0.354 e. The van der Waals surface area contributed by atoms with Gasteiger partial charge in [0.2, 0.25) is 0 Å². The molecule has 0 unspecified atom stereocenters. The number of fused-ring (bicyclic) bond motifs is 1. The van der Waals surface area contributed by atoms with E-state index in [9.17, 15) is 0 Å². The van der Waals surface area contributed by atoms with Crippen molar-refractivity contribution in [1.82, 2.24) is 20.2 Å². The van der Waals surface area contributed by atoms with Crippen LogP contribution in [0.2, 0.25) is 0 Å². The number of aromatic nitrogens is 4. The highest BCUT2D eigenvalue weighted by molar-refractivity contribution is 5.41. The van der Waals surface area contributed by atoms with Crippen LogP contribution in [0.1, 0.15) is 47.8 Å². The molecule has 0 saturated heterocycles. The highest BCUT2D eigenvalue weighted by Crippen LogP contribution is 2.35. The molecule has 0 amide bonds. The van der Waals surface area contributed by atoms with Gasteiger partial charge >= 0.3 is 0 Å². The molecule has 6 heteroatoms. The van der Waals surface area contributed by atoms with Gasteiger partial charge in [0, 0.05) is 36.5 Å². The molecular weight excluding hydrogens is 276 g/mol. The van der Waals surface area contributed by atoms with Gasteiger partial charge in [0.15, 0.2) is 0 Å². The summed E-state index contributed by atoms with van der Waals surface area (Å²) in [6.45, 7) is 0.784. The minimum absolute atomic E-state index is 0.341. The zero-order valence-corrected chi connectivity index (χ0v) is 12.9. The van der Waals surface area contributed by atoms with Crippen LogP contribution >= 0.6 is 0 Å². The highest BCUT2D eigenvalue weighted by Gasteiger charge is 2.29. The van der Waals surface area contributed by atoms with Crippen LogP contribution in [0.3, 0.4) is 0 Å². The van der Waals surface area contributed by atoms with E-state index in [0.717, 1.165) is 49.4 Å². The molecule has 1 fully saturated rings. The molecule has 1 saturated carbocycles. The predicted octanol–water partition coefficient (Wildman–Crippen LogP) is 1.53. The van der Waals surface area contributed by atoms with Gasteiger partial charge < -0.3 is 10.6 Å². The summed E-state index contributed by atoms with van der Waals surface area (Å²) in [5.74, 6) is 1.46. The number of nitrogens with zero attached hydrogens (tertiary/aromatic N) is 4. The molecule has 0 aliphatic heterocycles. The first kappa shape index (κ1) is 13.7. The molecule has 2 heterocycles. The summed E-state index contributed by atoms with van der Waals surface area (Å²) in [4.78, 5) is 11.0. The van der Waals surface area contributed by atoms with Gasteiger partial charge in [-0.1, -0.05) is 0 Å². The molecule has 0 aromatic carbocycles. The summed E-state index contributed by atoms with van der Waals surface area (Å²) in [6, 6.07) is 2.44. The summed E-state index contributed by atoms with van der Waals surface area (Å²) in [7, 11) is 2.06. The monoisotopic (exact) mass is 298 g/mol. The van der Waals surface area contributed by atoms with E-state index < -0.39 is 0 Å². The third-order valence-corrected chi connectivity index (χ3v) is 4.94. The summed E-state index contributed by atoms with van der Waals surface area (Å²) >= 11 is 0. The first-order chi connectivity index (χ1) is 10.7. The quantitative estimate of drug-likeness (QED) is 0.894. The van der Waals surface area contributed by atoms with Gasteiger partial charge in [0.1, 0.15) is 12.1 Å². The van der Waals surface area contributed by atoms with Gasteiger partial charge in [-0.3, -0.25) is 5.10 Å². The number of nitrogens with two attached hydrogens (primary N) is 1. The Morgan fingerprint density at radius 2 is 2.18 bits per heavy atom. The zero-order valence-electron chi connectivity index (χ0n) is 12.9. The maximum atomic E-state index is 5.88. The van der Waals surface area contributed by atoms with E-state index in [1.54, 1.807) is 6.33 Å². The van der Waals surface area contributed by atoms with Crippen molar-refractivity contribution in [1.29, 1.82) is 0 Å². The molecule has 2 aliphatic rings. The van der Waals surface area contributed by atoms with Crippen LogP contribution in [0.5, 0.6) is 0 Å². The first-order valence-corrected chi connectivity index (χ1v) is 8.04. The number of hydrogen-bond donors (Lipinski definition) is 2. The van der Waals surface area contributed by atoms with Crippen molar-refractivity contribution in [3.05, 3.63) is 35.0 Å². The zero-order chi connectivity index (χ0) is 15.1. The van der Waals surface area contributed by atoms with Gasteiger partial charge in [-0.05, 0) is 37.7 Å². The Balaban J connectivity index is 1.50. The Morgan fingerprint density at radius 3 is 3.00 bits per heavy atom. The second-order valence-corrected chi connectivity index (χ2v) is 6.57. The molecule has 0 radical (unpaired) electrons. The third-order valence-electron chi connectivity index (χ3n) is 4.94. The Bertz CT molecular complexity index is 673. The first-order valence-electron chi connectivity index (χ1n) is 8.04. The molecule has 2 aliphatic carbocycles. The number of anilines is 1. The van der Waals surface area contributed by atoms with E-state index in [4.69, 9.17) is 5.73 Å². The predicted molar refractivity (Wildman–Crippen MR) is 84.7 cm³/mol. The molecular formula is C16H22N6. The Labute approximate surface area is 130 Å². The SMILES string of the molecule is CN(Cc1n[nH]c2c1CCC2)c1cc(C2CC(N)C2)ncn1. The molecule has 6 nitrogen and oxygen atoms in total. The van der Waals surface area contributed by atoms with Crippen LogP contribution < -0.4 is 10.6 Å². The minimum atomic E-state index is 0.341. The van der Waals surface area contributed by atoms with Crippen molar-refractivity contribution in [2.75, 3.05) is 11.9 Å². The lowest BCUT2D eigenvalue weighted by Crippen LogP contribution is -2.35. The van der Waals surface area contributed by atoms with Crippen molar-refractivity contribution in [2.45, 2.75) is 50.6 Å². The highest BCUT2D eigenvalue weighted by atomic mass is 15.2. The van der Waals surface area contributed by atoms with E-state index in [1.807, 2.05) is 0 Å². The standard InChI is InChI=1S/C16H22N6/c1-22(8-15-12-3-2-4-13(12)20-21-15)16-7-14(18-9-19-16)10-5-11(17)6-10/h7,9-11H,2-6,8,17H2,1H3,(H,20,21). The minimum Gasteiger partial charge on any atom is -0.354 e. The van der Waals surface area contributed by atoms with Crippen molar-refractivity contribution >= 4 is 5.82 Å². The molecule has 2 aromatic heterocycles. The molecule has 22 heavy (non-hydrogen) atoms. The number of nitrogens with one attached hydrogen (secondary N) is 1. The number of aryl methyl sites for hydroxylation is 1. The molecule has 0 atom stereocenters. The molecule has 2 aromatic rings. The maximum Gasteiger partial charge on any atom is 0.132 e. The van der Waals surface area contributed by atoms with Crippen LogP contribution in [0.15, 0.2) is 12.4 Å². The van der Waals surface area contributed by atoms with Gasteiger partial charge in [0.25, 0.3) is 0 Å². The fourth-order valence-electron chi connectivity index (χ4n) is 3.52. The van der Waals surface area contributed by atoms with Crippen LogP contribution in [0.25, 0.3) is 0 Å². The Morgan fingerprint density at radius 1 is 1.32 bits per heavy atom. The Kier molecular flexibility index (Phi) is 3.33. The van der Waals surface area contributed by atoms with E-state index >= 15 is 0 Å². The lowest BCUT2D eigenvalue weighted by atomic mass is 9.78. The van der Waals surface area contributed by atoms with Gasteiger partial charge in [-0.25, -0.2) is 9.97 Å². The molecule has 116 valence electrons. The van der Waals surface area contributed by atoms with Gasteiger partial charge in [-0.2, -0.15) is 5.10 Å². The number of H-pyrrole nitrogens is 1. The second-order valence-electron chi connectivity index (χ2n) is 6.57. The smallest absolute Gasteiger partial charge is 0.132 e. The van der Waals surface area contributed by atoms with Gasteiger partial charge in [-0.15, -0.1) is 0 Å². The molecule has 3 N–H and O–H groups in total. The fourth-order valence-corrected chi connectivity index (χ4v) is 3.52. The average Bonchev–Trinajstić information content (AvgIpc) is 3.09. The maximum absolute atomic E-state index is 5.88. The lowest BCUT2D eigenvalue weighted by Gasteiger charge is -2.32. The number of rotatable bonds is 4. The van der Waals surface area contributed by atoms with Crippen LogP contribution in [-0.4, -0.2) is 33.3 Å². The van der Waals surface area contributed by atoms with Crippen LogP contribution in [0.4, 0.5) is 5.82 Å². The lowest BCUT2D eigenvalue weighted by molar-refractivity contribution is 0.345. The van der Waals surface area contributed by atoms with E-state index in [1.165, 1.54) is 17.7 Å². The van der Waals surface area contributed by atoms with Crippen LogP contribution in [0, 0.1) is 0 Å². The van der Waals surface area contributed by atoms with Crippen molar-refractivity contribution < 1.29 is 0 Å². The summed E-state index contributed by atoms with van der Waals surface area (Å²) in [5.41, 5.74) is 10.9.